The van der Waals surface area contributed by atoms with E-state index in [2.05, 4.69) is 21.7 Å². The molecule has 0 fully saturated rings. The van der Waals surface area contributed by atoms with Gasteiger partial charge in [-0.05, 0) is 18.6 Å². The van der Waals surface area contributed by atoms with Crippen molar-refractivity contribution in [3.05, 3.63) is 46.4 Å². The van der Waals surface area contributed by atoms with Gasteiger partial charge in [0.1, 0.15) is 6.61 Å². The highest BCUT2D eigenvalue weighted by Gasteiger charge is 2.19. The third-order valence-electron chi connectivity index (χ3n) is 4.27. The summed E-state index contributed by atoms with van der Waals surface area (Å²) in [6, 6.07) is 7.91. The number of aryl methyl sites for hydroxylation is 1. The van der Waals surface area contributed by atoms with Crippen LogP contribution in [0.3, 0.4) is 0 Å². The second kappa shape index (κ2) is 5.66. The summed E-state index contributed by atoms with van der Waals surface area (Å²) in [5.74, 6) is 1.64. The van der Waals surface area contributed by atoms with Gasteiger partial charge in [-0.25, -0.2) is 4.79 Å². The standard InChI is InChI=1S/C16H19N5O2/c1-2-7-19-12-5-3-4-6-13(12)21(16(19)22)10-14-17-18-15-11-23-9-8-20(14)15/h3-6H,2,7-11H2,1H3. The molecule has 0 atom stereocenters. The zero-order chi connectivity index (χ0) is 15.8. The minimum absolute atomic E-state index is 0.0115. The third kappa shape index (κ3) is 2.28. The van der Waals surface area contributed by atoms with Crippen molar-refractivity contribution in [2.45, 2.75) is 39.6 Å². The Balaban J connectivity index is 1.82. The highest BCUT2D eigenvalue weighted by atomic mass is 16.5. The predicted octanol–water partition coefficient (Wildman–Crippen LogP) is 1.38. The number of benzene rings is 1. The van der Waals surface area contributed by atoms with Crippen LogP contribution in [-0.4, -0.2) is 30.5 Å². The average molecular weight is 313 g/mol. The molecule has 0 bridgehead atoms. The van der Waals surface area contributed by atoms with Crippen molar-refractivity contribution >= 4 is 11.0 Å². The fraction of sp³-hybridized carbons (Fsp3) is 0.438. The van der Waals surface area contributed by atoms with E-state index in [0.717, 1.165) is 42.2 Å². The molecule has 7 nitrogen and oxygen atoms in total. The first-order valence-corrected chi connectivity index (χ1v) is 7.96. The van der Waals surface area contributed by atoms with E-state index in [-0.39, 0.29) is 5.69 Å². The number of rotatable bonds is 4. The molecule has 0 amide bonds. The fourth-order valence-electron chi connectivity index (χ4n) is 3.18. The quantitative estimate of drug-likeness (QED) is 0.730. The Morgan fingerprint density at radius 3 is 2.74 bits per heavy atom. The van der Waals surface area contributed by atoms with Crippen molar-refractivity contribution in [3.63, 3.8) is 0 Å². The molecule has 0 N–H and O–H groups in total. The second-order valence-electron chi connectivity index (χ2n) is 5.75. The van der Waals surface area contributed by atoms with Crippen molar-refractivity contribution in [2.75, 3.05) is 6.61 Å². The first-order chi connectivity index (χ1) is 11.3. The lowest BCUT2D eigenvalue weighted by atomic mass is 10.3. The van der Waals surface area contributed by atoms with Crippen molar-refractivity contribution in [2.24, 2.45) is 0 Å². The van der Waals surface area contributed by atoms with E-state index in [4.69, 9.17) is 4.74 Å². The number of nitrogens with zero attached hydrogens (tertiary/aromatic N) is 5. The molecule has 1 aliphatic heterocycles. The molecule has 4 rings (SSSR count). The number of aromatic nitrogens is 5. The maximum absolute atomic E-state index is 12.8. The molecule has 23 heavy (non-hydrogen) atoms. The number of para-hydroxylation sites is 2. The van der Waals surface area contributed by atoms with Gasteiger partial charge in [0.2, 0.25) is 0 Å². The van der Waals surface area contributed by atoms with Crippen LogP contribution in [0.4, 0.5) is 0 Å². The van der Waals surface area contributed by atoms with Gasteiger partial charge in [-0.2, -0.15) is 0 Å². The number of hydrogen-bond acceptors (Lipinski definition) is 4. The van der Waals surface area contributed by atoms with Crippen molar-refractivity contribution < 1.29 is 4.74 Å². The molecule has 0 spiro atoms. The molecule has 0 unspecified atom stereocenters. The molecular weight excluding hydrogens is 294 g/mol. The summed E-state index contributed by atoms with van der Waals surface area (Å²) in [5, 5.41) is 8.43. The maximum Gasteiger partial charge on any atom is 0.329 e. The molecular formula is C16H19N5O2. The number of imidazole rings is 1. The SMILES string of the molecule is CCCn1c(=O)n(Cc2nnc3n2CCOC3)c2ccccc21. The summed E-state index contributed by atoms with van der Waals surface area (Å²) in [4.78, 5) is 12.8. The van der Waals surface area contributed by atoms with Crippen molar-refractivity contribution in [1.82, 2.24) is 23.9 Å². The smallest absolute Gasteiger partial charge is 0.329 e. The minimum Gasteiger partial charge on any atom is -0.372 e. The molecule has 3 heterocycles. The van der Waals surface area contributed by atoms with Gasteiger partial charge in [0.25, 0.3) is 0 Å². The normalized spacial score (nSPS) is 14.3. The van der Waals surface area contributed by atoms with Crippen LogP contribution in [0.1, 0.15) is 25.0 Å². The molecule has 0 aliphatic carbocycles. The Kier molecular flexibility index (Phi) is 3.49. The molecule has 0 radical (unpaired) electrons. The van der Waals surface area contributed by atoms with Gasteiger partial charge in [-0.1, -0.05) is 19.1 Å². The van der Waals surface area contributed by atoms with E-state index < -0.39 is 0 Å². The Morgan fingerprint density at radius 2 is 1.96 bits per heavy atom. The van der Waals surface area contributed by atoms with Crippen LogP contribution in [0, 0.1) is 0 Å². The summed E-state index contributed by atoms with van der Waals surface area (Å²) in [6.45, 7) is 5.11. The van der Waals surface area contributed by atoms with Gasteiger partial charge in [0.15, 0.2) is 11.6 Å². The monoisotopic (exact) mass is 313 g/mol. The minimum atomic E-state index is 0.0115. The molecule has 120 valence electrons. The Bertz CT molecular complexity index is 905. The zero-order valence-corrected chi connectivity index (χ0v) is 13.1. The first-order valence-electron chi connectivity index (χ1n) is 7.96. The Morgan fingerprint density at radius 1 is 1.17 bits per heavy atom. The molecule has 0 saturated heterocycles. The lowest BCUT2D eigenvalue weighted by molar-refractivity contribution is 0.0805. The van der Waals surface area contributed by atoms with Crippen LogP contribution < -0.4 is 5.69 Å². The lowest BCUT2D eigenvalue weighted by Gasteiger charge is -2.15. The van der Waals surface area contributed by atoms with E-state index in [1.807, 2.05) is 28.8 Å². The van der Waals surface area contributed by atoms with Crippen LogP contribution >= 0.6 is 0 Å². The highest BCUT2D eigenvalue weighted by Crippen LogP contribution is 2.16. The predicted molar refractivity (Wildman–Crippen MR) is 85.3 cm³/mol. The largest absolute Gasteiger partial charge is 0.372 e. The van der Waals surface area contributed by atoms with Gasteiger partial charge >= 0.3 is 5.69 Å². The van der Waals surface area contributed by atoms with E-state index in [1.165, 1.54) is 0 Å². The van der Waals surface area contributed by atoms with Crippen LogP contribution in [0.15, 0.2) is 29.1 Å². The van der Waals surface area contributed by atoms with E-state index in [1.54, 1.807) is 4.57 Å². The summed E-state index contributed by atoms with van der Waals surface area (Å²) in [5.41, 5.74) is 1.92. The van der Waals surface area contributed by atoms with E-state index in [9.17, 15) is 4.79 Å². The second-order valence-corrected chi connectivity index (χ2v) is 5.75. The molecule has 7 heteroatoms. The lowest BCUT2D eigenvalue weighted by Crippen LogP contribution is -2.27. The highest BCUT2D eigenvalue weighted by molar-refractivity contribution is 5.76. The zero-order valence-electron chi connectivity index (χ0n) is 13.1. The van der Waals surface area contributed by atoms with Crippen LogP contribution in [0.5, 0.6) is 0 Å². The summed E-state index contributed by atoms with van der Waals surface area (Å²) in [7, 11) is 0. The van der Waals surface area contributed by atoms with E-state index in [0.29, 0.717) is 19.8 Å². The van der Waals surface area contributed by atoms with E-state index >= 15 is 0 Å². The number of ether oxygens (including phenoxy) is 1. The molecule has 1 aromatic carbocycles. The number of hydrogen-bond donors (Lipinski definition) is 0. The third-order valence-corrected chi connectivity index (χ3v) is 4.27. The maximum atomic E-state index is 12.8. The average Bonchev–Trinajstić information content (AvgIpc) is 3.11. The van der Waals surface area contributed by atoms with Crippen LogP contribution in [-0.2, 0) is 31.0 Å². The molecule has 2 aromatic heterocycles. The molecule has 0 saturated carbocycles. The molecule has 1 aliphatic rings. The summed E-state index contributed by atoms with van der Waals surface area (Å²) >= 11 is 0. The van der Waals surface area contributed by atoms with Gasteiger partial charge in [-0.15, -0.1) is 10.2 Å². The Labute approximate surface area is 133 Å². The Hall–Kier alpha value is -2.41. The summed E-state index contributed by atoms with van der Waals surface area (Å²) in [6.07, 6.45) is 0.922. The van der Waals surface area contributed by atoms with Crippen LogP contribution in [0.2, 0.25) is 0 Å². The topological polar surface area (TPSA) is 66.9 Å². The van der Waals surface area contributed by atoms with Crippen LogP contribution in [0.25, 0.3) is 11.0 Å². The van der Waals surface area contributed by atoms with Gasteiger partial charge in [0, 0.05) is 13.1 Å². The van der Waals surface area contributed by atoms with Gasteiger partial charge < -0.3 is 9.30 Å². The fourth-order valence-corrected chi connectivity index (χ4v) is 3.18. The van der Waals surface area contributed by atoms with Gasteiger partial charge in [0.05, 0.1) is 24.2 Å². The first kappa shape index (κ1) is 14.2. The number of fused-ring (bicyclic) bond motifs is 2. The summed E-state index contributed by atoms with van der Waals surface area (Å²) < 4.78 is 11.1. The van der Waals surface area contributed by atoms with Crippen molar-refractivity contribution in [1.29, 1.82) is 0 Å². The van der Waals surface area contributed by atoms with Gasteiger partial charge in [-0.3, -0.25) is 9.13 Å². The van der Waals surface area contributed by atoms with Crippen molar-refractivity contribution in [3.8, 4) is 0 Å². The molecule has 3 aromatic rings.